The van der Waals surface area contributed by atoms with Crippen LogP contribution < -0.4 is 15.2 Å². The lowest BCUT2D eigenvalue weighted by molar-refractivity contribution is 0.312. The fraction of sp³-hybridized carbons (Fsp3) is 0.333. The first kappa shape index (κ1) is 11.3. The van der Waals surface area contributed by atoms with Crippen molar-refractivity contribution in [2.24, 2.45) is 0 Å². The lowest BCUT2D eigenvalue weighted by atomic mass is 10.3. The number of hydrogen-bond donors (Lipinski definition) is 1. The molecule has 0 atom stereocenters. The van der Waals surface area contributed by atoms with E-state index in [2.05, 4.69) is 5.92 Å². The van der Waals surface area contributed by atoms with E-state index in [1.165, 1.54) is 0 Å². The van der Waals surface area contributed by atoms with E-state index in [0.29, 0.717) is 18.0 Å². The normalized spacial score (nSPS) is 9.33. The van der Waals surface area contributed by atoms with E-state index in [1.54, 1.807) is 19.2 Å². The summed E-state index contributed by atoms with van der Waals surface area (Å²) in [4.78, 5) is 0. The molecule has 0 aliphatic rings. The molecule has 0 unspecified atom stereocenters. The van der Waals surface area contributed by atoms with Crippen molar-refractivity contribution in [2.75, 3.05) is 19.5 Å². The van der Waals surface area contributed by atoms with Crippen molar-refractivity contribution >= 4 is 5.69 Å². The van der Waals surface area contributed by atoms with Gasteiger partial charge in [-0.3, -0.25) is 0 Å². The van der Waals surface area contributed by atoms with Crippen molar-refractivity contribution in [1.82, 2.24) is 0 Å². The zero-order valence-electron chi connectivity index (χ0n) is 8.82. The van der Waals surface area contributed by atoms with Crippen molar-refractivity contribution < 1.29 is 9.47 Å². The molecule has 0 amide bonds. The van der Waals surface area contributed by atoms with E-state index in [4.69, 9.17) is 21.6 Å². The predicted octanol–water partition coefficient (Wildman–Crippen LogP) is 2.07. The third-order valence-corrected chi connectivity index (χ3v) is 1.94. The van der Waals surface area contributed by atoms with Gasteiger partial charge in [0, 0.05) is 12.5 Å². The number of anilines is 1. The first-order valence-corrected chi connectivity index (χ1v) is 4.77. The Morgan fingerprint density at radius 1 is 1.47 bits per heavy atom. The molecule has 1 rings (SSSR count). The number of rotatable bonds is 5. The summed E-state index contributed by atoms with van der Waals surface area (Å²) in [6.45, 7) is 0.607. The molecule has 0 aromatic heterocycles. The molecule has 3 nitrogen and oxygen atoms in total. The molecular formula is C12H15NO2. The molecule has 0 saturated heterocycles. The maximum atomic E-state index is 5.72. The van der Waals surface area contributed by atoms with Crippen molar-refractivity contribution in [1.29, 1.82) is 0 Å². The minimum absolute atomic E-state index is 0.576. The SMILES string of the molecule is C#CCCCOc1ccc(OC)c(N)c1. The largest absolute Gasteiger partial charge is 0.495 e. The summed E-state index contributed by atoms with van der Waals surface area (Å²) >= 11 is 0. The molecule has 1 aromatic rings. The lowest BCUT2D eigenvalue weighted by Gasteiger charge is -2.08. The molecule has 0 heterocycles. The Labute approximate surface area is 90.2 Å². The smallest absolute Gasteiger partial charge is 0.142 e. The summed E-state index contributed by atoms with van der Waals surface area (Å²) in [6, 6.07) is 5.35. The molecule has 0 aliphatic heterocycles. The van der Waals surface area contributed by atoms with Gasteiger partial charge in [0.25, 0.3) is 0 Å². The van der Waals surface area contributed by atoms with Crippen LogP contribution in [0.1, 0.15) is 12.8 Å². The summed E-state index contributed by atoms with van der Waals surface area (Å²) < 4.78 is 10.5. The van der Waals surface area contributed by atoms with Gasteiger partial charge in [0.05, 0.1) is 19.4 Å². The summed E-state index contributed by atoms with van der Waals surface area (Å²) in [5.41, 5.74) is 6.30. The Balaban J connectivity index is 2.49. The fourth-order valence-electron chi connectivity index (χ4n) is 1.17. The molecule has 80 valence electrons. The summed E-state index contributed by atoms with van der Waals surface area (Å²) in [6.07, 6.45) is 6.71. The van der Waals surface area contributed by atoms with E-state index in [1.807, 2.05) is 6.07 Å². The molecule has 0 spiro atoms. The van der Waals surface area contributed by atoms with Gasteiger partial charge in [-0.1, -0.05) is 0 Å². The molecule has 1 aromatic carbocycles. The van der Waals surface area contributed by atoms with Crippen molar-refractivity contribution in [2.45, 2.75) is 12.8 Å². The summed E-state index contributed by atoms with van der Waals surface area (Å²) in [5, 5.41) is 0. The highest BCUT2D eigenvalue weighted by Gasteiger charge is 2.00. The second kappa shape index (κ2) is 5.82. The van der Waals surface area contributed by atoms with Crippen LogP contribution in [0.2, 0.25) is 0 Å². The Kier molecular flexibility index (Phi) is 4.36. The maximum Gasteiger partial charge on any atom is 0.142 e. The lowest BCUT2D eigenvalue weighted by Crippen LogP contribution is -1.98. The topological polar surface area (TPSA) is 44.5 Å². The van der Waals surface area contributed by atoms with Crippen LogP contribution in [0.25, 0.3) is 0 Å². The van der Waals surface area contributed by atoms with Crippen molar-refractivity contribution in [3.8, 4) is 23.8 Å². The molecule has 15 heavy (non-hydrogen) atoms. The number of ether oxygens (including phenoxy) is 2. The average molecular weight is 205 g/mol. The number of methoxy groups -OCH3 is 1. The van der Waals surface area contributed by atoms with Crippen LogP contribution in [0.3, 0.4) is 0 Å². The Bertz CT molecular complexity index is 355. The number of nitrogen functional groups attached to an aromatic ring is 1. The highest BCUT2D eigenvalue weighted by Crippen LogP contribution is 2.25. The van der Waals surface area contributed by atoms with E-state index < -0.39 is 0 Å². The Hall–Kier alpha value is -1.82. The maximum absolute atomic E-state index is 5.72. The molecule has 0 aliphatic carbocycles. The van der Waals surface area contributed by atoms with Crippen LogP contribution >= 0.6 is 0 Å². The van der Waals surface area contributed by atoms with Crippen LogP contribution in [0.15, 0.2) is 18.2 Å². The predicted molar refractivity (Wildman–Crippen MR) is 61.0 cm³/mol. The molecule has 3 heteroatoms. The second-order valence-corrected chi connectivity index (χ2v) is 3.06. The van der Waals surface area contributed by atoms with E-state index in [-0.39, 0.29) is 0 Å². The Morgan fingerprint density at radius 2 is 2.27 bits per heavy atom. The number of unbranched alkanes of at least 4 members (excludes halogenated alkanes) is 1. The van der Waals surface area contributed by atoms with Gasteiger partial charge in [0.2, 0.25) is 0 Å². The number of nitrogens with two attached hydrogens (primary N) is 1. The van der Waals surface area contributed by atoms with Gasteiger partial charge in [-0.15, -0.1) is 12.3 Å². The van der Waals surface area contributed by atoms with Gasteiger partial charge in [-0.25, -0.2) is 0 Å². The standard InChI is InChI=1S/C12H15NO2/c1-3-4-5-8-15-10-6-7-12(14-2)11(13)9-10/h1,6-7,9H,4-5,8,13H2,2H3. The average Bonchev–Trinajstić information content (AvgIpc) is 2.25. The third kappa shape index (κ3) is 3.43. The van der Waals surface area contributed by atoms with Crippen LogP contribution in [-0.4, -0.2) is 13.7 Å². The van der Waals surface area contributed by atoms with Crippen LogP contribution in [0.5, 0.6) is 11.5 Å². The van der Waals surface area contributed by atoms with Gasteiger partial charge in [-0.05, 0) is 18.6 Å². The quantitative estimate of drug-likeness (QED) is 0.454. The van der Waals surface area contributed by atoms with Crippen molar-refractivity contribution in [3.63, 3.8) is 0 Å². The van der Waals surface area contributed by atoms with Gasteiger partial charge in [0.1, 0.15) is 11.5 Å². The van der Waals surface area contributed by atoms with Gasteiger partial charge >= 0.3 is 0 Å². The first-order chi connectivity index (χ1) is 7.27. The van der Waals surface area contributed by atoms with Crippen LogP contribution in [0.4, 0.5) is 5.69 Å². The van der Waals surface area contributed by atoms with Gasteiger partial charge in [-0.2, -0.15) is 0 Å². The highest BCUT2D eigenvalue weighted by atomic mass is 16.5. The summed E-state index contributed by atoms with van der Waals surface area (Å²) in [5.74, 6) is 3.96. The number of benzene rings is 1. The Morgan fingerprint density at radius 3 is 2.87 bits per heavy atom. The van der Waals surface area contributed by atoms with Gasteiger partial charge in [0.15, 0.2) is 0 Å². The molecule has 0 fully saturated rings. The third-order valence-electron chi connectivity index (χ3n) is 1.94. The molecular weight excluding hydrogens is 190 g/mol. The molecule has 2 N–H and O–H groups in total. The zero-order valence-corrected chi connectivity index (χ0v) is 8.82. The van der Waals surface area contributed by atoms with E-state index in [9.17, 15) is 0 Å². The number of hydrogen-bond acceptors (Lipinski definition) is 3. The number of terminal acetylenes is 1. The second-order valence-electron chi connectivity index (χ2n) is 3.06. The van der Waals surface area contributed by atoms with Gasteiger partial charge < -0.3 is 15.2 Å². The minimum Gasteiger partial charge on any atom is -0.495 e. The summed E-state index contributed by atoms with van der Waals surface area (Å²) in [7, 11) is 1.58. The minimum atomic E-state index is 0.576. The van der Waals surface area contributed by atoms with Crippen molar-refractivity contribution in [3.05, 3.63) is 18.2 Å². The van der Waals surface area contributed by atoms with Crippen LogP contribution in [-0.2, 0) is 0 Å². The zero-order chi connectivity index (χ0) is 11.1. The monoisotopic (exact) mass is 205 g/mol. The molecule has 0 bridgehead atoms. The molecule has 0 radical (unpaired) electrons. The molecule has 0 saturated carbocycles. The van der Waals surface area contributed by atoms with E-state index >= 15 is 0 Å². The highest BCUT2D eigenvalue weighted by molar-refractivity contribution is 5.56. The first-order valence-electron chi connectivity index (χ1n) is 4.77. The van der Waals surface area contributed by atoms with E-state index in [0.717, 1.165) is 18.6 Å². The van der Waals surface area contributed by atoms with Crippen LogP contribution in [0, 0.1) is 12.3 Å². The fourth-order valence-corrected chi connectivity index (χ4v) is 1.17.